The van der Waals surface area contributed by atoms with E-state index in [-0.39, 0.29) is 0 Å². The molecule has 0 saturated carbocycles. The molecule has 1 aromatic heterocycles. The molecule has 120 valence electrons. The van der Waals surface area contributed by atoms with Crippen LogP contribution in [0.4, 0.5) is 0 Å². The number of nitrogens with zero attached hydrogens (tertiary/aromatic N) is 1. The van der Waals surface area contributed by atoms with Gasteiger partial charge in [-0.1, -0.05) is 34.6 Å². The van der Waals surface area contributed by atoms with Gasteiger partial charge in [0.25, 0.3) is 0 Å². The minimum Gasteiger partial charge on any atom is -0.314 e. The van der Waals surface area contributed by atoms with Gasteiger partial charge in [-0.3, -0.25) is 4.98 Å². The van der Waals surface area contributed by atoms with E-state index in [2.05, 4.69) is 66.9 Å². The average Bonchev–Trinajstić information content (AvgIpc) is 2.33. The molecular weight excluding hydrogens is 324 g/mol. The van der Waals surface area contributed by atoms with Crippen molar-refractivity contribution < 1.29 is 0 Å². The first-order valence-corrected chi connectivity index (χ1v) is 8.92. The summed E-state index contributed by atoms with van der Waals surface area (Å²) >= 11 is 3.51. The van der Waals surface area contributed by atoms with Crippen LogP contribution in [0.1, 0.15) is 59.4 Å². The minimum atomic E-state index is 0.409. The molecule has 21 heavy (non-hydrogen) atoms. The Bertz CT molecular complexity index is 412. The van der Waals surface area contributed by atoms with Gasteiger partial charge in [-0.05, 0) is 71.1 Å². The Labute approximate surface area is 139 Å². The van der Waals surface area contributed by atoms with Crippen LogP contribution in [0, 0.1) is 11.3 Å². The van der Waals surface area contributed by atoms with Crippen LogP contribution in [-0.4, -0.2) is 17.6 Å². The van der Waals surface area contributed by atoms with E-state index in [4.69, 9.17) is 0 Å². The van der Waals surface area contributed by atoms with Gasteiger partial charge in [0.2, 0.25) is 0 Å². The topological polar surface area (TPSA) is 24.9 Å². The summed E-state index contributed by atoms with van der Waals surface area (Å²) in [6.07, 6.45) is 8.57. The summed E-state index contributed by atoms with van der Waals surface area (Å²) in [4.78, 5) is 4.28. The normalized spacial score (nSPS) is 15.0. The Morgan fingerprint density at radius 1 is 1.29 bits per heavy atom. The minimum absolute atomic E-state index is 0.409. The zero-order valence-electron chi connectivity index (χ0n) is 14.2. The second-order valence-electron chi connectivity index (χ2n) is 7.47. The van der Waals surface area contributed by atoms with Crippen LogP contribution in [0.5, 0.6) is 0 Å². The molecule has 0 fully saturated rings. The summed E-state index contributed by atoms with van der Waals surface area (Å²) < 4.78 is 1.07. The van der Waals surface area contributed by atoms with E-state index in [1.165, 1.54) is 24.8 Å². The van der Waals surface area contributed by atoms with Crippen LogP contribution < -0.4 is 5.32 Å². The maximum Gasteiger partial charge on any atom is 0.0410 e. The lowest BCUT2D eigenvalue weighted by Crippen LogP contribution is -2.34. The van der Waals surface area contributed by atoms with Crippen molar-refractivity contribution in [3.63, 3.8) is 0 Å². The molecule has 1 aromatic rings. The molecule has 0 aliphatic carbocycles. The number of nitrogens with one attached hydrogen (secondary N) is 1. The van der Waals surface area contributed by atoms with Gasteiger partial charge in [0.15, 0.2) is 0 Å². The lowest BCUT2D eigenvalue weighted by molar-refractivity contribution is 0.274. The van der Waals surface area contributed by atoms with Gasteiger partial charge < -0.3 is 5.32 Å². The molecular formula is C18H31BrN2. The van der Waals surface area contributed by atoms with Crippen molar-refractivity contribution in [3.8, 4) is 0 Å². The number of rotatable bonds is 8. The van der Waals surface area contributed by atoms with Crippen LogP contribution in [0.2, 0.25) is 0 Å². The van der Waals surface area contributed by atoms with Crippen molar-refractivity contribution in [2.75, 3.05) is 6.54 Å². The summed E-state index contributed by atoms with van der Waals surface area (Å²) in [7, 11) is 0. The molecule has 0 radical (unpaired) electrons. The molecule has 0 saturated heterocycles. The highest BCUT2D eigenvalue weighted by atomic mass is 79.9. The summed E-state index contributed by atoms with van der Waals surface area (Å²) in [6, 6.07) is 2.72. The van der Waals surface area contributed by atoms with E-state index in [9.17, 15) is 0 Å². The lowest BCUT2D eigenvalue weighted by Gasteiger charge is -2.27. The zero-order valence-corrected chi connectivity index (χ0v) is 15.8. The summed E-state index contributed by atoms with van der Waals surface area (Å²) in [6.45, 7) is 12.7. The molecule has 0 aliphatic heterocycles. The fourth-order valence-corrected chi connectivity index (χ4v) is 3.47. The second kappa shape index (κ2) is 8.89. The van der Waals surface area contributed by atoms with Gasteiger partial charge in [0.05, 0.1) is 0 Å². The smallest absolute Gasteiger partial charge is 0.0410 e. The molecule has 0 aromatic carbocycles. The largest absolute Gasteiger partial charge is 0.314 e. The van der Waals surface area contributed by atoms with E-state index in [0.29, 0.717) is 11.5 Å². The van der Waals surface area contributed by atoms with Gasteiger partial charge in [-0.15, -0.1) is 0 Å². The number of halogens is 1. The number of aromatic nitrogens is 1. The number of pyridine rings is 1. The third kappa shape index (κ3) is 8.57. The molecule has 0 amide bonds. The number of hydrogen-bond donors (Lipinski definition) is 1. The maximum absolute atomic E-state index is 4.28. The Hall–Kier alpha value is -0.410. The Morgan fingerprint density at radius 3 is 2.57 bits per heavy atom. The molecule has 1 heterocycles. The fourth-order valence-electron chi connectivity index (χ4n) is 3.05. The van der Waals surface area contributed by atoms with Crippen LogP contribution >= 0.6 is 15.9 Å². The highest BCUT2D eigenvalue weighted by Crippen LogP contribution is 2.27. The van der Waals surface area contributed by atoms with Crippen molar-refractivity contribution in [2.24, 2.45) is 11.3 Å². The molecule has 1 N–H and O–H groups in total. The van der Waals surface area contributed by atoms with Gasteiger partial charge in [0.1, 0.15) is 0 Å². The molecule has 2 nitrogen and oxygen atoms in total. The highest BCUT2D eigenvalue weighted by Gasteiger charge is 2.19. The van der Waals surface area contributed by atoms with Gasteiger partial charge in [-0.25, -0.2) is 0 Å². The monoisotopic (exact) mass is 354 g/mol. The standard InChI is InChI=1S/C18H31BrN2/c1-6-7-21-17(8-14(2)11-18(3,4)5)10-15-9-16(19)13-20-12-15/h9,12-14,17,21H,6-8,10-11H2,1-5H3. The van der Waals surface area contributed by atoms with E-state index >= 15 is 0 Å². The number of hydrogen-bond acceptors (Lipinski definition) is 2. The molecule has 0 aliphatic rings. The van der Waals surface area contributed by atoms with E-state index in [1.54, 1.807) is 0 Å². The SMILES string of the molecule is CCCNC(Cc1cncc(Br)c1)CC(C)CC(C)(C)C. The fraction of sp³-hybridized carbons (Fsp3) is 0.722. The van der Waals surface area contributed by atoms with Gasteiger partial charge in [0, 0.05) is 22.9 Å². The molecule has 0 spiro atoms. The van der Waals surface area contributed by atoms with Crippen molar-refractivity contribution in [1.29, 1.82) is 0 Å². The molecule has 2 atom stereocenters. The zero-order chi connectivity index (χ0) is 15.9. The van der Waals surface area contributed by atoms with Crippen LogP contribution in [-0.2, 0) is 6.42 Å². The Kier molecular flexibility index (Phi) is 7.89. The third-order valence-electron chi connectivity index (χ3n) is 3.57. The average molecular weight is 355 g/mol. The van der Waals surface area contributed by atoms with Crippen LogP contribution in [0.25, 0.3) is 0 Å². The molecule has 3 heteroatoms. The van der Waals surface area contributed by atoms with Crippen molar-refractivity contribution in [3.05, 3.63) is 28.5 Å². The van der Waals surface area contributed by atoms with Crippen LogP contribution in [0.3, 0.4) is 0 Å². The summed E-state index contributed by atoms with van der Waals surface area (Å²) in [5.41, 5.74) is 1.72. The van der Waals surface area contributed by atoms with Crippen molar-refractivity contribution in [2.45, 2.75) is 66.3 Å². The first-order valence-electron chi connectivity index (χ1n) is 8.13. The Balaban J connectivity index is 2.62. The van der Waals surface area contributed by atoms with E-state index < -0.39 is 0 Å². The third-order valence-corrected chi connectivity index (χ3v) is 4.01. The molecule has 1 rings (SSSR count). The first kappa shape index (κ1) is 18.6. The van der Waals surface area contributed by atoms with Crippen molar-refractivity contribution >= 4 is 15.9 Å². The van der Waals surface area contributed by atoms with Crippen LogP contribution in [0.15, 0.2) is 22.9 Å². The molecule has 2 unspecified atom stereocenters. The first-order chi connectivity index (χ1) is 9.80. The lowest BCUT2D eigenvalue weighted by atomic mass is 9.82. The van der Waals surface area contributed by atoms with Gasteiger partial charge in [-0.2, -0.15) is 0 Å². The highest BCUT2D eigenvalue weighted by molar-refractivity contribution is 9.10. The predicted octanol–water partition coefficient (Wildman–Crippen LogP) is 5.22. The second-order valence-corrected chi connectivity index (χ2v) is 8.39. The quantitative estimate of drug-likeness (QED) is 0.692. The van der Waals surface area contributed by atoms with Gasteiger partial charge >= 0.3 is 0 Å². The summed E-state index contributed by atoms with van der Waals surface area (Å²) in [5.74, 6) is 0.736. The summed E-state index contributed by atoms with van der Waals surface area (Å²) in [5, 5.41) is 3.71. The van der Waals surface area contributed by atoms with E-state index in [1.807, 2.05) is 12.4 Å². The Morgan fingerprint density at radius 2 is 2.00 bits per heavy atom. The maximum atomic E-state index is 4.28. The molecule has 0 bridgehead atoms. The predicted molar refractivity (Wildman–Crippen MR) is 95.6 cm³/mol. The van der Waals surface area contributed by atoms with Crippen molar-refractivity contribution in [1.82, 2.24) is 10.3 Å². The van der Waals surface area contributed by atoms with E-state index in [0.717, 1.165) is 23.4 Å².